The Labute approximate surface area is 228 Å². The second kappa shape index (κ2) is 11.0. The van der Waals surface area contributed by atoms with Crippen molar-refractivity contribution in [3.05, 3.63) is 94.3 Å². The topological polar surface area (TPSA) is 90.4 Å². The lowest BCUT2D eigenvalue weighted by atomic mass is 9.98. The van der Waals surface area contributed by atoms with Crippen LogP contribution in [0.3, 0.4) is 0 Å². The Kier molecular flexibility index (Phi) is 7.35. The van der Waals surface area contributed by atoms with Gasteiger partial charge in [-0.15, -0.1) is 11.3 Å². The van der Waals surface area contributed by atoms with Crippen LogP contribution in [0.2, 0.25) is 5.02 Å². The van der Waals surface area contributed by atoms with Crippen molar-refractivity contribution in [2.45, 2.75) is 6.92 Å². The molecule has 1 N–H and O–H groups in total. The van der Waals surface area contributed by atoms with Gasteiger partial charge < -0.3 is 9.47 Å². The van der Waals surface area contributed by atoms with Crippen LogP contribution in [-0.4, -0.2) is 35.6 Å². The molecule has 0 saturated carbocycles. The third-order valence-corrected chi connectivity index (χ3v) is 6.90. The van der Waals surface area contributed by atoms with Crippen molar-refractivity contribution in [3.63, 3.8) is 0 Å². The number of fused-ring (bicyclic) bond motifs is 1. The number of rotatable bonds is 7. The molecule has 5 aromatic rings. The van der Waals surface area contributed by atoms with Gasteiger partial charge in [0.2, 0.25) is 0 Å². The van der Waals surface area contributed by atoms with Gasteiger partial charge in [-0.25, -0.2) is 14.8 Å². The molecule has 7 nitrogen and oxygen atoms in total. The van der Waals surface area contributed by atoms with E-state index in [9.17, 15) is 9.59 Å². The number of amides is 1. The van der Waals surface area contributed by atoms with Gasteiger partial charge in [-0.05, 0) is 55.0 Å². The molecule has 2 aromatic heterocycles. The lowest BCUT2D eigenvalue weighted by Gasteiger charge is -2.14. The Bertz CT molecular complexity index is 1650. The van der Waals surface area contributed by atoms with E-state index >= 15 is 0 Å². The third-order valence-electron chi connectivity index (χ3n) is 5.91. The maximum absolute atomic E-state index is 13.2. The fraction of sp³-hybridized carbons (Fsp3) is 0.103. The number of benzene rings is 3. The lowest BCUT2D eigenvalue weighted by molar-refractivity contribution is -0.119. The number of nitrogens with zero attached hydrogens (tertiary/aromatic N) is 2. The van der Waals surface area contributed by atoms with Crippen molar-refractivity contribution in [1.82, 2.24) is 9.97 Å². The van der Waals surface area contributed by atoms with Crippen molar-refractivity contribution >= 4 is 50.8 Å². The highest BCUT2D eigenvalue weighted by Crippen LogP contribution is 2.31. The molecule has 190 valence electrons. The monoisotopic (exact) mass is 543 g/mol. The van der Waals surface area contributed by atoms with Crippen molar-refractivity contribution < 1.29 is 19.1 Å². The summed E-state index contributed by atoms with van der Waals surface area (Å²) in [6.07, 6.45) is 0. The van der Waals surface area contributed by atoms with Gasteiger partial charge in [0.1, 0.15) is 5.75 Å². The molecule has 0 bridgehead atoms. The minimum atomic E-state index is -0.613. The van der Waals surface area contributed by atoms with Gasteiger partial charge in [0.05, 0.1) is 29.6 Å². The number of esters is 1. The van der Waals surface area contributed by atoms with E-state index in [1.54, 1.807) is 19.2 Å². The quantitative estimate of drug-likeness (QED) is 0.227. The summed E-state index contributed by atoms with van der Waals surface area (Å²) in [7, 11) is 1.61. The Morgan fingerprint density at radius 1 is 0.974 bits per heavy atom. The first-order chi connectivity index (χ1) is 18.4. The van der Waals surface area contributed by atoms with Gasteiger partial charge in [0, 0.05) is 26.9 Å². The van der Waals surface area contributed by atoms with Crippen LogP contribution < -0.4 is 10.1 Å². The van der Waals surface area contributed by atoms with E-state index in [-0.39, 0.29) is 0 Å². The van der Waals surface area contributed by atoms with Crippen LogP contribution in [0.25, 0.3) is 33.4 Å². The summed E-state index contributed by atoms with van der Waals surface area (Å²) < 4.78 is 10.6. The summed E-state index contributed by atoms with van der Waals surface area (Å²) in [5, 5.41) is 6.15. The second-order valence-corrected chi connectivity index (χ2v) is 9.67. The Balaban J connectivity index is 1.32. The van der Waals surface area contributed by atoms with E-state index in [4.69, 9.17) is 26.1 Å². The number of halogens is 1. The number of nitrogens with one attached hydrogen (secondary N) is 1. The maximum Gasteiger partial charge on any atom is 0.339 e. The first-order valence-electron chi connectivity index (χ1n) is 11.6. The van der Waals surface area contributed by atoms with Crippen LogP contribution in [0.5, 0.6) is 5.75 Å². The van der Waals surface area contributed by atoms with Gasteiger partial charge in [-0.1, -0.05) is 41.9 Å². The molecule has 0 atom stereocenters. The zero-order valence-corrected chi connectivity index (χ0v) is 22.1. The summed E-state index contributed by atoms with van der Waals surface area (Å²) in [6.45, 7) is 1.35. The third kappa shape index (κ3) is 5.37. The van der Waals surface area contributed by atoms with E-state index in [0.717, 1.165) is 22.6 Å². The minimum Gasteiger partial charge on any atom is -0.497 e. The van der Waals surface area contributed by atoms with E-state index < -0.39 is 18.5 Å². The molecular weight excluding hydrogens is 522 g/mol. The molecular formula is C29H22ClN3O4S. The predicted octanol–water partition coefficient (Wildman–Crippen LogP) is 6.79. The molecule has 0 aliphatic carbocycles. The van der Waals surface area contributed by atoms with Crippen LogP contribution in [0, 0.1) is 6.92 Å². The van der Waals surface area contributed by atoms with E-state index in [1.165, 1.54) is 11.3 Å². The number of anilines is 1. The first kappa shape index (κ1) is 25.4. The van der Waals surface area contributed by atoms with Gasteiger partial charge >= 0.3 is 5.97 Å². The van der Waals surface area contributed by atoms with Gasteiger partial charge in [-0.3, -0.25) is 10.1 Å². The lowest BCUT2D eigenvalue weighted by Crippen LogP contribution is -2.21. The average Bonchev–Trinajstić information content (AvgIpc) is 3.39. The summed E-state index contributed by atoms with van der Waals surface area (Å²) >= 11 is 7.48. The molecule has 0 aliphatic rings. The Hall–Kier alpha value is -4.27. The average molecular weight is 544 g/mol. The fourth-order valence-electron chi connectivity index (χ4n) is 4.07. The minimum absolute atomic E-state index is 0.356. The molecule has 1 amide bonds. The maximum atomic E-state index is 13.2. The number of para-hydroxylation sites is 1. The smallest absolute Gasteiger partial charge is 0.339 e. The fourth-order valence-corrected chi connectivity index (χ4v) is 5.00. The molecule has 0 saturated heterocycles. The van der Waals surface area contributed by atoms with Crippen molar-refractivity contribution in [2.75, 3.05) is 19.0 Å². The number of aromatic nitrogens is 2. The van der Waals surface area contributed by atoms with Crippen LogP contribution in [0.4, 0.5) is 5.13 Å². The van der Waals surface area contributed by atoms with Crippen LogP contribution in [0.1, 0.15) is 15.9 Å². The molecule has 0 fully saturated rings. The van der Waals surface area contributed by atoms with E-state index in [1.807, 2.05) is 73.0 Å². The van der Waals surface area contributed by atoms with Crippen molar-refractivity contribution in [3.8, 4) is 28.3 Å². The van der Waals surface area contributed by atoms with Gasteiger partial charge in [0.25, 0.3) is 5.91 Å². The predicted molar refractivity (Wildman–Crippen MR) is 150 cm³/mol. The van der Waals surface area contributed by atoms with Gasteiger partial charge in [-0.2, -0.15) is 0 Å². The summed E-state index contributed by atoms with van der Waals surface area (Å²) in [5.41, 5.74) is 4.65. The number of hydrogen-bond acceptors (Lipinski definition) is 7. The van der Waals surface area contributed by atoms with Gasteiger partial charge in [0.15, 0.2) is 11.7 Å². The van der Waals surface area contributed by atoms with Crippen LogP contribution >= 0.6 is 22.9 Å². The zero-order chi connectivity index (χ0) is 26.6. The molecule has 0 radical (unpaired) electrons. The summed E-state index contributed by atoms with van der Waals surface area (Å²) in [4.78, 5) is 35.0. The summed E-state index contributed by atoms with van der Waals surface area (Å²) in [5.74, 6) is -0.353. The van der Waals surface area contributed by atoms with Crippen molar-refractivity contribution in [2.24, 2.45) is 0 Å². The molecule has 5 rings (SSSR count). The number of methoxy groups -OCH3 is 1. The Morgan fingerprint density at radius 3 is 2.53 bits per heavy atom. The molecule has 0 spiro atoms. The van der Waals surface area contributed by atoms with Crippen molar-refractivity contribution in [1.29, 1.82) is 0 Å². The number of carbonyl (C=O) groups is 2. The normalized spacial score (nSPS) is 10.8. The van der Waals surface area contributed by atoms with Crippen LogP contribution in [-0.2, 0) is 9.53 Å². The molecule has 0 aliphatic heterocycles. The van der Waals surface area contributed by atoms with E-state index in [0.29, 0.717) is 37.9 Å². The number of ether oxygens (including phenoxy) is 2. The largest absolute Gasteiger partial charge is 0.497 e. The number of pyridine rings is 1. The molecule has 9 heteroatoms. The number of thiazole rings is 1. The number of carbonyl (C=O) groups excluding carboxylic acids is 2. The molecule has 0 unspecified atom stereocenters. The second-order valence-electron chi connectivity index (χ2n) is 8.38. The first-order valence-corrected chi connectivity index (χ1v) is 12.9. The molecule has 3 aromatic carbocycles. The summed E-state index contributed by atoms with van der Waals surface area (Å²) in [6, 6.07) is 22.1. The van der Waals surface area contributed by atoms with Crippen LogP contribution in [0.15, 0.2) is 78.2 Å². The highest BCUT2D eigenvalue weighted by molar-refractivity contribution is 7.14. The Morgan fingerprint density at radius 2 is 1.76 bits per heavy atom. The molecule has 38 heavy (non-hydrogen) atoms. The molecule has 2 heterocycles. The zero-order valence-electron chi connectivity index (χ0n) is 20.5. The van der Waals surface area contributed by atoms with E-state index in [2.05, 4.69) is 10.3 Å². The number of hydrogen-bond donors (Lipinski definition) is 1. The SMILES string of the molecule is COc1ccc(-c2csc(NC(=O)COC(=O)c3c(C)c(-c4cccc(Cl)c4)nc4ccccc34)n2)cc1. The highest BCUT2D eigenvalue weighted by atomic mass is 35.5. The highest BCUT2D eigenvalue weighted by Gasteiger charge is 2.21. The standard InChI is InChI=1S/C29H22ClN3O4S/c1-17-26(22-8-3-4-9-23(22)31-27(17)19-6-5-7-20(30)14-19)28(35)37-15-25(34)33-29-32-24(16-38-29)18-10-12-21(36-2)13-11-18/h3-14,16H,15H2,1-2H3,(H,32,33,34).